The Labute approximate surface area is 167 Å². The summed E-state index contributed by atoms with van der Waals surface area (Å²) in [6, 6.07) is 26.7. The van der Waals surface area contributed by atoms with Gasteiger partial charge in [-0.2, -0.15) is 0 Å². The highest BCUT2D eigenvalue weighted by Gasteiger charge is 2.42. The second-order valence-electron chi connectivity index (χ2n) is 8.54. The van der Waals surface area contributed by atoms with Gasteiger partial charge in [-0.3, -0.25) is 9.69 Å². The highest BCUT2D eigenvalue weighted by atomic mass is 16.1. The number of ketones is 1. The molecule has 2 unspecified atom stereocenters. The van der Waals surface area contributed by atoms with E-state index in [1.807, 2.05) is 0 Å². The number of rotatable bonds is 5. The molecule has 2 aliphatic rings. The predicted octanol–water partition coefficient (Wildman–Crippen LogP) is 5.39. The van der Waals surface area contributed by atoms with Crippen molar-refractivity contribution < 1.29 is 4.79 Å². The molecular formula is C26H27NO. The van der Waals surface area contributed by atoms with E-state index in [1.54, 1.807) is 0 Å². The SMILES string of the molecule is O=C(Cc1ccc2ccccc2c1)C1CC2CCC(C1)N2Cc1ccccc1. The third-order valence-electron chi connectivity index (χ3n) is 6.74. The molecule has 142 valence electrons. The maximum atomic E-state index is 13.1. The van der Waals surface area contributed by atoms with Gasteiger partial charge in [0.05, 0.1) is 0 Å². The van der Waals surface area contributed by atoms with E-state index in [1.165, 1.54) is 29.2 Å². The summed E-state index contributed by atoms with van der Waals surface area (Å²) < 4.78 is 0. The molecule has 0 spiro atoms. The Kier molecular flexibility index (Phi) is 4.74. The largest absolute Gasteiger partial charge is 0.299 e. The van der Waals surface area contributed by atoms with Crippen LogP contribution < -0.4 is 0 Å². The van der Waals surface area contributed by atoms with Crippen molar-refractivity contribution in [2.75, 3.05) is 0 Å². The molecule has 0 saturated carbocycles. The zero-order valence-corrected chi connectivity index (χ0v) is 16.3. The highest BCUT2D eigenvalue weighted by molar-refractivity contribution is 5.87. The van der Waals surface area contributed by atoms with E-state index in [-0.39, 0.29) is 5.92 Å². The topological polar surface area (TPSA) is 20.3 Å². The van der Waals surface area contributed by atoms with E-state index < -0.39 is 0 Å². The standard InChI is InChI=1S/C26H27NO/c28-26(15-20-10-11-21-8-4-5-9-22(21)14-20)23-16-24-12-13-25(17-23)27(24)18-19-6-2-1-3-7-19/h1-11,14,23-25H,12-13,15-18H2. The summed E-state index contributed by atoms with van der Waals surface area (Å²) in [5, 5.41) is 2.47. The van der Waals surface area contributed by atoms with Crippen molar-refractivity contribution in [1.29, 1.82) is 0 Å². The third kappa shape index (κ3) is 3.49. The average Bonchev–Trinajstić information content (AvgIpc) is 2.96. The monoisotopic (exact) mass is 369 g/mol. The number of Topliss-reactive ketones (excluding diaryl/α,β-unsaturated/α-hetero) is 1. The molecular weight excluding hydrogens is 342 g/mol. The molecule has 2 saturated heterocycles. The second-order valence-corrected chi connectivity index (χ2v) is 8.54. The molecule has 2 aliphatic heterocycles. The first-order chi connectivity index (χ1) is 13.8. The van der Waals surface area contributed by atoms with Crippen molar-refractivity contribution >= 4 is 16.6 Å². The number of carbonyl (C=O) groups excluding carboxylic acids is 1. The Hall–Kier alpha value is -2.45. The Bertz CT molecular complexity index is 966. The molecule has 3 aromatic rings. The van der Waals surface area contributed by atoms with Crippen LogP contribution in [0, 0.1) is 5.92 Å². The maximum absolute atomic E-state index is 13.1. The van der Waals surface area contributed by atoms with Crippen molar-refractivity contribution in [2.24, 2.45) is 5.92 Å². The van der Waals surface area contributed by atoms with Crippen LogP contribution in [0.25, 0.3) is 10.8 Å². The summed E-state index contributed by atoms with van der Waals surface area (Å²) in [5.41, 5.74) is 2.54. The molecule has 0 aromatic heterocycles. The first kappa shape index (κ1) is 17.6. The van der Waals surface area contributed by atoms with Crippen LogP contribution in [-0.2, 0) is 17.8 Å². The number of fused-ring (bicyclic) bond motifs is 3. The molecule has 2 nitrogen and oxygen atoms in total. The fourth-order valence-electron chi connectivity index (χ4n) is 5.28. The molecule has 5 rings (SSSR count). The van der Waals surface area contributed by atoms with Gasteiger partial charge in [-0.25, -0.2) is 0 Å². The fourth-order valence-corrected chi connectivity index (χ4v) is 5.28. The molecule has 2 fully saturated rings. The van der Waals surface area contributed by atoms with Crippen molar-refractivity contribution in [3.63, 3.8) is 0 Å². The second kappa shape index (κ2) is 7.52. The average molecular weight is 370 g/mol. The number of hydrogen-bond acceptors (Lipinski definition) is 2. The molecule has 0 amide bonds. The van der Waals surface area contributed by atoms with Gasteiger partial charge in [0, 0.05) is 31.0 Å². The number of hydrogen-bond donors (Lipinski definition) is 0. The zero-order chi connectivity index (χ0) is 18.9. The predicted molar refractivity (Wildman–Crippen MR) is 114 cm³/mol. The van der Waals surface area contributed by atoms with Crippen molar-refractivity contribution in [1.82, 2.24) is 4.90 Å². The molecule has 2 atom stereocenters. The Morgan fingerprint density at radius 1 is 0.786 bits per heavy atom. The normalized spacial score (nSPS) is 24.5. The molecule has 2 bridgehead atoms. The number of carbonyl (C=O) groups is 1. The molecule has 0 radical (unpaired) electrons. The van der Waals surface area contributed by atoms with Gasteiger partial charge in [-0.1, -0.05) is 72.8 Å². The van der Waals surface area contributed by atoms with Gasteiger partial charge in [0.15, 0.2) is 0 Å². The van der Waals surface area contributed by atoms with Crippen LogP contribution in [-0.4, -0.2) is 22.8 Å². The lowest BCUT2D eigenvalue weighted by Crippen LogP contribution is -2.44. The minimum atomic E-state index is 0.232. The molecule has 28 heavy (non-hydrogen) atoms. The van der Waals surface area contributed by atoms with Crippen molar-refractivity contribution in [3.8, 4) is 0 Å². The Morgan fingerprint density at radius 3 is 2.21 bits per heavy atom. The number of benzene rings is 3. The van der Waals surface area contributed by atoms with Gasteiger partial charge < -0.3 is 0 Å². The molecule has 2 heterocycles. The molecule has 0 aliphatic carbocycles. The van der Waals surface area contributed by atoms with Gasteiger partial charge in [-0.05, 0) is 47.6 Å². The zero-order valence-electron chi connectivity index (χ0n) is 16.3. The van der Waals surface area contributed by atoms with E-state index in [0.29, 0.717) is 24.3 Å². The molecule has 0 N–H and O–H groups in total. The smallest absolute Gasteiger partial charge is 0.140 e. The van der Waals surface area contributed by atoms with Gasteiger partial charge in [0.2, 0.25) is 0 Å². The summed E-state index contributed by atoms with van der Waals surface area (Å²) in [5.74, 6) is 0.669. The van der Waals surface area contributed by atoms with Gasteiger partial charge in [-0.15, -0.1) is 0 Å². The number of piperidine rings is 1. The lowest BCUT2D eigenvalue weighted by atomic mass is 9.84. The van der Waals surface area contributed by atoms with Crippen LogP contribution in [0.1, 0.15) is 36.8 Å². The summed E-state index contributed by atoms with van der Waals surface area (Å²) in [6.07, 6.45) is 5.15. The summed E-state index contributed by atoms with van der Waals surface area (Å²) in [7, 11) is 0. The third-order valence-corrected chi connectivity index (χ3v) is 6.74. The van der Waals surface area contributed by atoms with Crippen LogP contribution in [0.3, 0.4) is 0 Å². The highest BCUT2D eigenvalue weighted by Crippen LogP contribution is 2.40. The van der Waals surface area contributed by atoms with E-state index in [2.05, 4.69) is 77.7 Å². The summed E-state index contributed by atoms with van der Waals surface area (Å²) in [6.45, 7) is 1.03. The minimum absolute atomic E-state index is 0.232. The lowest BCUT2D eigenvalue weighted by molar-refractivity contribution is -0.124. The van der Waals surface area contributed by atoms with Gasteiger partial charge in [0.25, 0.3) is 0 Å². The fraction of sp³-hybridized carbons (Fsp3) is 0.346. The lowest BCUT2D eigenvalue weighted by Gasteiger charge is -2.38. The van der Waals surface area contributed by atoms with Crippen molar-refractivity contribution in [3.05, 3.63) is 83.9 Å². The molecule has 2 heteroatoms. The van der Waals surface area contributed by atoms with Crippen molar-refractivity contribution in [2.45, 2.75) is 50.7 Å². The van der Waals surface area contributed by atoms with Crippen LogP contribution in [0.15, 0.2) is 72.8 Å². The van der Waals surface area contributed by atoms with E-state index in [9.17, 15) is 4.79 Å². The van der Waals surface area contributed by atoms with Crippen LogP contribution in [0.5, 0.6) is 0 Å². The minimum Gasteiger partial charge on any atom is -0.299 e. The van der Waals surface area contributed by atoms with Crippen LogP contribution in [0.4, 0.5) is 0 Å². The van der Waals surface area contributed by atoms with Gasteiger partial charge >= 0.3 is 0 Å². The first-order valence-electron chi connectivity index (χ1n) is 10.6. The van der Waals surface area contributed by atoms with Gasteiger partial charge in [0.1, 0.15) is 5.78 Å². The van der Waals surface area contributed by atoms with E-state index in [4.69, 9.17) is 0 Å². The quantitative estimate of drug-likeness (QED) is 0.600. The van der Waals surface area contributed by atoms with Crippen LogP contribution in [0.2, 0.25) is 0 Å². The molecule has 3 aromatic carbocycles. The van der Waals surface area contributed by atoms with E-state index >= 15 is 0 Å². The summed E-state index contributed by atoms with van der Waals surface area (Å²) >= 11 is 0. The first-order valence-corrected chi connectivity index (χ1v) is 10.6. The van der Waals surface area contributed by atoms with E-state index in [0.717, 1.165) is 24.9 Å². The summed E-state index contributed by atoms with van der Waals surface area (Å²) in [4.78, 5) is 15.7. The maximum Gasteiger partial charge on any atom is 0.140 e. The number of nitrogens with zero attached hydrogens (tertiary/aromatic N) is 1. The van der Waals surface area contributed by atoms with Crippen LogP contribution >= 0.6 is 0 Å². The Balaban J connectivity index is 1.26. The Morgan fingerprint density at radius 2 is 1.46 bits per heavy atom.